The summed E-state index contributed by atoms with van der Waals surface area (Å²) < 4.78 is 2.75. The van der Waals surface area contributed by atoms with Crippen molar-refractivity contribution >= 4 is 23.6 Å². The van der Waals surface area contributed by atoms with E-state index in [1.807, 2.05) is 16.1 Å². The second-order valence-electron chi connectivity index (χ2n) is 1.77. The van der Waals surface area contributed by atoms with Crippen molar-refractivity contribution in [3.63, 3.8) is 0 Å². The zero-order valence-corrected chi connectivity index (χ0v) is 6.91. The van der Waals surface area contributed by atoms with Gasteiger partial charge in [-0.15, -0.1) is 11.3 Å². The summed E-state index contributed by atoms with van der Waals surface area (Å²) in [5.74, 6) is 0. The van der Waals surface area contributed by atoms with Gasteiger partial charge in [0.1, 0.15) is 0 Å². The smallest absolute Gasteiger partial charge is 0.161 e. The Morgan fingerprint density at radius 3 is 3.10 bits per heavy atom. The van der Waals surface area contributed by atoms with Crippen molar-refractivity contribution in [3.8, 4) is 6.07 Å². The van der Waals surface area contributed by atoms with Crippen molar-refractivity contribution in [3.05, 3.63) is 15.5 Å². The number of hydrogen-bond donors (Lipinski definition) is 0. The average molecular weight is 170 g/mol. The highest BCUT2D eigenvalue weighted by Gasteiger charge is 1.90. The molecule has 2 nitrogen and oxygen atoms in total. The highest BCUT2D eigenvalue weighted by molar-refractivity contribution is 7.73. The molecule has 0 unspecified atom stereocenters. The summed E-state index contributed by atoms with van der Waals surface area (Å²) in [6.45, 7) is 0.721. The van der Waals surface area contributed by atoms with Crippen LogP contribution in [0.1, 0.15) is 6.42 Å². The van der Waals surface area contributed by atoms with E-state index in [-0.39, 0.29) is 0 Å². The molecule has 0 amide bonds. The third kappa shape index (κ3) is 1.66. The number of hydrogen-bond acceptors (Lipinski definition) is 3. The predicted octanol–water partition coefficient (Wildman–Crippen LogP) is 2.19. The normalized spacial score (nSPS) is 9.10. The third-order valence-corrected chi connectivity index (χ3v) is 2.33. The van der Waals surface area contributed by atoms with Gasteiger partial charge in [0, 0.05) is 18.1 Å². The molecular weight excluding hydrogens is 164 g/mol. The van der Waals surface area contributed by atoms with Crippen molar-refractivity contribution < 1.29 is 0 Å². The van der Waals surface area contributed by atoms with E-state index >= 15 is 0 Å². The van der Waals surface area contributed by atoms with E-state index in [0.717, 1.165) is 10.5 Å². The average Bonchev–Trinajstić information content (AvgIpc) is 2.31. The van der Waals surface area contributed by atoms with Crippen LogP contribution in [-0.4, -0.2) is 4.57 Å². The first kappa shape index (κ1) is 7.45. The van der Waals surface area contributed by atoms with E-state index in [1.165, 1.54) is 11.3 Å². The Morgan fingerprint density at radius 1 is 1.80 bits per heavy atom. The quantitative estimate of drug-likeness (QED) is 0.636. The van der Waals surface area contributed by atoms with Crippen molar-refractivity contribution in [2.75, 3.05) is 0 Å². The van der Waals surface area contributed by atoms with E-state index in [9.17, 15) is 0 Å². The van der Waals surface area contributed by atoms with Crippen molar-refractivity contribution in [1.29, 1.82) is 5.26 Å². The lowest BCUT2D eigenvalue weighted by Crippen LogP contribution is -1.92. The molecule has 52 valence electrons. The molecule has 0 bridgehead atoms. The highest BCUT2D eigenvalue weighted by atomic mass is 32.1. The topological polar surface area (TPSA) is 28.7 Å². The van der Waals surface area contributed by atoms with Gasteiger partial charge in [0.05, 0.1) is 12.5 Å². The molecule has 1 rings (SSSR count). The number of aromatic nitrogens is 1. The summed E-state index contributed by atoms with van der Waals surface area (Å²) in [5, 5.41) is 10.2. The first-order valence-corrected chi connectivity index (χ1v) is 4.14. The molecule has 0 aliphatic heterocycles. The van der Waals surface area contributed by atoms with Gasteiger partial charge in [-0.3, -0.25) is 0 Å². The fourth-order valence-electron chi connectivity index (χ4n) is 0.627. The van der Waals surface area contributed by atoms with E-state index in [1.54, 1.807) is 0 Å². The van der Waals surface area contributed by atoms with Gasteiger partial charge in [0.15, 0.2) is 3.95 Å². The Labute approximate surface area is 68.3 Å². The molecule has 0 aromatic carbocycles. The maximum atomic E-state index is 8.26. The lowest BCUT2D eigenvalue weighted by atomic mass is 10.5. The van der Waals surface area contributed by atoms with Gasteiger partial charge in [-0.2, -0.15) is 5.26 Å². The number of rotatable bonds is 2. The zero-order valence-electron chi connectivity index (χ0n) is 5.28. The summed E-state index contributed by atoms with van der Waals surface area (Å²) in [4.78, 5) is 0. The second kappa shape index (κ2) is 3.49. The summed E-state index contributed by atoms with van der Waals surface area (Å²) in [6, 6.07) is 2.07. The van der Waals surface area contributed by atoms with Crippen LogP contribution in [0.15, 0.2) is 11.6 Å². The van der Waals surface area contributed by atoms with Crippen LogP contribution in [0.25, 0.3) is 0 Å². The van der Waals surface area contributed by atoms with Crippen molar-refractivity contribution in [2.24, 2.45) is 0 Å². The number of thiazole rings is 1. The predicted molar refractivity (Wildman–Crippen MR) is 43.4 cm³/mol. The van der Waals surface area contributed by atoms with Gasteiger partial charge in [0.25, 0.3) is 0 Å². The summed E-state index contributed by atoms with van der Waals surface area (Å²) in [5.41, 5.74) is 0. The molecule has 1 heterocycles. The summed E-state index contributed by atoms with van der Waals surface area (Å²) >= 11 is 6.49. The molecule has 0 spiro atoms. The van der Waals surface area contributed by atoms with Crippen LogP contribution >= 0.6 is 23.6 Å². The van der Waals surface area contributed by atoms with Crippen LogP contribution in [-0.2, 0) is 6.54 Å². The van der Waals surface area contributed by atoms with Crippen LogP contribution in [0.5, 0.6) is 0 Å². The number of aryl methyl sites for hydroxylation is 1. The van der Waals surface area contributed by atoms with E-state index in [0.29, 0.717) is 6.42 Å². The molecule has 10 heavy (non-hydrogen) atoms. The Hall–Kier alpha value is -0.660. The summed E-state index contributed by atoms with van der Waals surface area (Å²) in [7, 11) is 0. The molecular formula is C6H6N2S2. The molecule has 0 fully saturated rings. The van der Waals surface area contributed by atoms with Crippen LogP contribution in [0.2, 0.25) is 0 Å². The van der Waals surface area contributed by atoms with Gasteiger partial charge < -0.3 is 4.57 Å². The monoisotopic (exact) mass is 170 g/mol. The molecule has 0 atom stereocenters. The Kier molecular flexibility index (Phi) is 2.60. The lowest BCUT2D eigenvalue weighted by molar-refractivity contribution is 0.716. The van der Waals surface area contributed by atoms with Gasteiger partial charge >= 0.3 is 0 Å². The van der Waals surface area contributed by atoms with Gasteiger partial charge in [-0.1, -0.05) is 0 Å². The molecule has 0 aliphatic rings. The Morgan fingerprint density at radius 2 is 2.60 bits per heavy atom. The maximum Gasteiger partial charge on any atom is 0.161 e. The van der Waals surface area contributed by atoms with Crippen LogP contribution in [0.4, 0.5) is 0 Å². The maximum absolute atomic E-state index is 8.26. The zero-order chi connectivity index (χ0) is 7.40. The van der Waals surface area contributed by atoms with Crippen molar-refractivity contribution in [1.82, 2.24) is 4.57 Å². The van der Waals surface area contributed by atoms with E-state index in [4.69, 9.17) is 17.5 Å². The standard InChI is InChI=1S/C6H6N2S2/c7-2-1-3-8-4-5-10-6(8)9/h4-5H,1,3H2. The van der Waals surface area contributed by atoms with Crippen molar-refractivity contribution in [2.45, 2.75) is 13.0 Å². The van der Waals surface area contributed by atoms with Crippen LogP contribution < -0.4 is 0 Å². The molecule has 1 aromatic rings. The first-order valence-electron chi connectivity index (χ1n) is 2.85. The molecule has 4 heteroatoms. The van der Waals surface area contributed by atoms with Gasteiger partial charge in [-0.25, -0.2) is 0 Å². The van der Waals surface area contributed by atoms with Gasteiger partial charge in [-0.05, 0) is 12.2 Å². The number of nitrogens with zero attached hydrogens (tertiary/aromatic N) is 2. The van der Waals surface area contributed by atoms with Crippen LogP contribution in [0, 0.1) is 15.3 Å². The highest BCUT2D eigenvalue weighted by Crippen LogP contribution is 2.03. The Balaban J connectivity index is 2.68. The molecule has 0 aliphatic carbocycles. The first-order chi connectivity index (χ1) is 4.84. The third-order valence-electron chi connectivity index (χ3n) is 1.11. The number of nitriles is 1. The van der Waals surface area contributed by atoms with E-state index < -0.39 is 0 Å². The van der Waals surface area contributed by atoms with Crippen LogP contribution in [0.3, 0.4) is 0 Å². The molecule has 0 radical (unpaired) electrons. The molecule has 1 aromatic heterocycles. The van der Waals surface area contributed by atoms with E-state index in [2.05, 4.69) is 6.07 Å². The lowest BCUT2D eigenvalue weighted by Gasteiger charge is -1.93. The fourth-order valence-corrected chi connectivity index (χ4v) is 1.56. The minimum Gasteiger partial charge on any atom is -0.329 e. The molecule has 0 N–H and O–H groups in total. The molecule has 0 saturated heterocycles. The Bertz CT molecular complexity index is 291. The summed E-state index contributed by atoms with van der Waals surface area (Å²) in [6.07, 6.45) is 2.44. The molecule has 0 saturated carbocycles. The van der Waals surface area contributed by atoms with Gasteiger partial charge in [0.2, 0.25) is 0 Å². The minimum atomic E-state index is 0.533. The minimum absolute atomic E-state index is 0.533. The largest absolute Gasteiger partial charge is 0.329 e. The second-order valence-corrected chi connectivity index (χ2v) is 3.31. The fraction of sp³-hybridized carbons (Fsp3) is 0.333. The SMILES string of the molecule is N#CCCn1ccsc1=S.